The van der Waals surface area contributed by atoms with Gasteiger partial charge >= 0.3 is 0 Å². The van der Waals surface area contributed by atoms with Crippen molar-refractivity contribution in [3.05, 3.63) is 59.2 Å². The summed E-state index contributed by atoms with van der Waals surface area (Å²) in [5, 5.41) is 0.521. The second-order valence-corrected chi connectivity index (χ2v) is 7.57. The van der Waals surface area contributed by atoms with Gasteiger partial charge in [0.15, 0.2) is 0 Å². The van der Waals surface area contributed by atoms with Crippen LogP contribution in [0, 0.1) is 0 Å². The van der Waals surface area contributed by atoms with Gasteiger partial charge in [0.1, 0.15) is 11.3 Å². The molecule has 0 amide bonds. The average molecular weight is 407 g/mol. The van der Waals surface area contributed by atoms with E-state index in [1.807, 2.05) is 6.92 Å². The number of sulfonamides is 1. The van der Waals surface area contributed by atoms with Crippen molar-refractivity contribution in [3.63, 3.8) is 0 Å². The molecule has 0 atom stereocenters. The maximum atomic E-state index is 12.8. The molecule has 2 aromatic carbocycles. The lowest BCUT2D eigenvalue weighted by atomic mass is 10.2. The second kappa shape index (κ2) is 6.78. The van der Waals surface area contributed by atoms with Crippen LogP contribution in [0.25, 0.3) is 10.9 Å². The monoisotopic (exact) mass is 406 g/mol. The van der Waals surface area contributed by atoms with Gasteiger partial charge in [0, 0.05) is 21.7 Å². The Bertz CT molecular complexity index is 973. The highest BCUT2D eigenvalue weighted by atomic mass is 79.9. The van der Waals surface area contributed by atoms with Crippen LogP contribution in [0.1, 0.15) is 6.92 Å². The smallest absolute Gasteiger partial charge is 0.262 e. The maximum Gasteiger partial charge on any atom is 0.262 e. The number of fused-ring (bicyclic) bond motifs is 1. The first-order valence-corrected chi connectivity index (χ1v) is 9.58. The first-order valence-electron chi connectivity index (χ1n) is 7.30. The number of hydrogen-bond donors (Lipinski definition) is 1. The third-order valence-corrected chi connectivity index (χ3v) is 5.35. The Labute approximate surface area is 148 Å². The normalized spacial score (nSPS) is 11.4. The van der Waals surface area contributed by atoms with Gasteiger partial charge in [-0.25, -0.2) is 8.42 Å². The molecular weight excluding hydrogens is 392 g/mol. The Balaban J connectivity index is 2.08. The fraction of sp³-hybridized carbons (Fsp3) is 0.118. The van der Waals surface area contributed by atoms with Gasteiger partial charge in [-0.2, -0.15) is 0 Å². The minimum absolute atomic E-state index is 0.164. The Morgan fingerprint density at radius 2 is 1.88 bits per heavy atom. The van der Waals surface area contributed by atoms with Gasteiger partial charge < -0.3 is 4.74 Å². The van der Waals surface area contributed by atoms with Crippen LogP contribution in [0.3, 0.4) is 0 Å². The SMILES string of the molecule is CCOc1ccc(S(=O)(=O)Nc2ccc(Br)cc2)c2cccnc12. The quantitative estimate of drug-likeness (QED) is 0.689. The van der Waals surface area contributed by atoms with Crippen LogP contribution in [0.4, 0.5) is 5.69 Å². The van der Waals surface area contributed by atoms with E-state index >= 15 is 0 Å². The van der Waals surface area contributed by atoms with E-state index in [4.69, 9.17) is 4.74 Å². The first kappa shape index (κ1) is 16.7. The number of hydrogen-bond acceptors (Lipinski definition) is 4. The van der Waals surface area contributed by atoms with E-state index in [2.05, 4.69) is 25.6 Å². The largest absolute Gasteiger partial charge is 0.492 e. The molecule has 24 heavy (non-hydrogen) atoms. The van der Waals surface area contributed by atoms with E-state index in [0.717, 1.165) is 4.47 Å². The highest BCUT2D eigenvalue weighted by molar-refractivity contribution is 9.10. The molecule has 0 fully saturated rings. The van der Waals surface area contributed by atoms with Crippen molar-refractivity contribution in [3.8, 4) is 5.75 Å². The van der Waals surface area contributed by atoms with E-state index < -0.39 is 10.0 Å². The molecular formula is C17H15BrN2O3S. The van der Waals surface area contributed by atoms with Crippen molar-refractivity contribution < 1.29 is 13.2 Å². The molecule has 0 unspecified atom stereocenters. The van der Waals surface area contributed by atoms with Crippen molar-refractivity contribution in [1.82, 2.24) is 4.98 Å². The van der Waals surface area contributed by atoms with Crippen LogP contribution in [-0.2, 0) is 10.0 Å². The van der Waals surface area contributed by atoms with Gasteiger partial charge in [0.2, 0.25) is 0 Å². The summed E-state index contributed by atoms with van der Waals surface area (Å²) >= 11 is 3.33. The standard InChI is InChI=1S/C17H15BrN2O3S/c1-2-23-15-9-10-16(14-4-3-11-19-17(14)15)24(21,22)20-13-7-5-12(18)6-8-13/h3-11,20H,2H2,1H3. The molecule has 1 heterocycles. The molecule has 0 saturated carbocycles. The van der Waals surface area contributed by atoms with Crippen LogP contribution in [0.2, 0.25) is 0 Å². The molecule has 3 aromatic rings. The zero-order chi connectivity index (χ0) is 17.2. The summed E-state index contributed by atoms with van der Waals surface area (Å²) < 4.78 is 34.6. The van der Waals surface area contributed by atoms with Crippen LogP contribution < -0.4 is 9.46 Å². The number of halogens is 1. The van der Waals surface area contributed by atoms with Gasteiger partial charge in [-0.1, -0.05) is 15.9 Å². The molecule has 5 nitrogen and oxygen atoms in total. The zero-order valence-electron chi connectivity index (χ0n) is 12.9. The second-order valence-electron chi connectivity index (χ2n) is 5.01. The number of ether oxygens (including phenoxy) is 1. The lowest BCUT2D eigenvalue weighted by molar-refractivity contribution is 0.343. The van der Waals surface area contributed by atoms with Crippen molar-refractivity contribution in [2.24, 2.45) is 0 Å². The van der Waals surface area contributed by atoms with Gasteiger partial charge in [-0.15, -0.1) is 0 Å². The van der Waals surface area contributed by atoms with Gasteiger partial charge in [0.25, 0.3) is 10.0 Å². The summed E-state index contributed by atoms with van der Waals surface area (Å²) in [4.78, 5) is 4.43. The van der Waals surface area contributed by atoms with Crippen LogP contribution in [-0.4, -0.2) is 20.0 Å². The Kier molecular flexibility index (Phi) is 4.73. The van der Waals surface area contributed by atoms with Gasteiger partial charge in [-0.05, 0) is 55.5 Å². The number of anilines is 1. The summed E-state index contributed by atoms with van der Waals surface area (Å²) in [6.07, 6.45) is 1.61. The zero-order valence-corrected chi connectivity index (χ0v) is 15.3. The number of aromatic nitrogens is 1. The lowest BCUT2D eigenvalue weighted by Crippen LogP contribution is -2.13. The summed E-state index contributed by atoms with van der Waals surface area (Å²) in [5.74, 6) is 0.565. The minimum Gasteiger partial charge on any atom is -0.492 e. The summed E-state index contributed by atoms with van der Waals surface area (Å²) in [6.45, 7) is 2.35. The molecule has 0 spiro atoms. The van der Waals surface area contributed by atoms with Crippen LogP contribution in [0.5, 0.6) is 5.75 Å². The van der Waals surface area contributed by atoms with E-state index in [1.54, 1.807) is 48.7 Å². The molecule has 1 aromatic heterocycles. The number of pyridine rings is 1. The number of rotatable bonds is 5. The van der Waals surface area contributed by atoms with E-state index in [9.17, 15) is 8.42 Å². The lowest BCUT2D eigenvalue weighted by Gasteiger charge is -2.13. The molecule has 0 saturated heterocycles. The highest BCUT2D eigenvalue weighted by Gasteiger charge is 2.19. The molecule has 0 bridgehead atoms. The van der Waals surface area contributed by atoms with Crippen LogP contribution in [0.15, 0.2) is 64.1 Å². The maximum absolute atomic E-state index is 12.8. The number of benzene rings is 2. The van der Waals surface area contributed by atoms with Crippen molar-refractivity contribution in [2.45, 2.75) is 11.8 Å². The number of nitrogens with zero attached hydrogens (tertiary/aromatic N) is 1. The first-order chi connectivity index (χ1) is 11.5. The molecule has 7 heteroatoms. The molecule has 0 aliphatic carbocycles. The van der Waals surface area contributed by atoms with Crippen molar-refractivity contribution in [1.29, 1.82) is 0 Å². The molecule has 0 aliphatic rings. The summed E-state index contributed by atoms with van der Waals surface area (Å²) in [6, 6.07) is 13.5. The van der Waals surface area contributed by atoms with Gasteiger partial charge in [0.05, 0.1) is 11.5 Å². The predicted molar refractivity (Wildman–Crippen MR) is 97.9 cm³/mol. The predicted octanol–water partition coefficient (Wildman–Crippen LogP) is 4.20. The van der Waals surface area contributed by atoms with Crippen molar-refractivity contribution >= 4 is 42.5 Å². The molecule has 0 aliphatic heterocycles. The third-order valence-electron chi connectivity index (χ3n) is 3.38. The molecule has 124 valence electrons. The van der Waals surface area contributed by atoms with E-state index in [0.29, 0.717) is 28.9 Å². The fourth-order valence-electron chi connectivity index (χ4n) is 2.35. The van der Waals surface area contributed by atoms with Crippen LogP contribution >= 0.6 is 15.9 Å². The van der Waals surface area contributed by atoms with E-state index in [1.165, 1.54) is 6.07 Å². The number of nitrogens with one attached hydrogen (secondary N) is 1. The molecule has 0 radical (unpaired) electrons. The highest BCUT2D eigenvalue weighted by Crippen LogP contribution is 2.30. The Morgan fingerprint density at radius 3 is 2.58 bits per heavy atom. The topological polar surface area (TPSA) is 68.3 Å². The van der Waals surface area contributed by atoms with Gasteiger partial charge in [-0.3, -0.25) is 9.71 Å². The molecule has 1 N–H and O–H groups in total. The molecule has 3 rings (SSSR count). The third kappa shape index (κ3) is 3.37. The average Bonchev–Trinajstić information content (AvgIpc) is 2.57. The summed E-state index contributed by atoms with van der Waals surface area (Å²) in [7, 11) is -3.75. The summed E-state index contributed by atoms with van der Waals surface area (Å²) in [5.41, 5.74) is 1.02. The minimum atomic E-state index is -3.75. The Morgan fingerprint density at radius 1 is 1.12 bits per heavy atom. The fourth-order valence-corrected chi connectivity index (χ4v) is 3.88. The van der Waals surface area contributed by atoms with Crippen molar-refractivity contribution in [2.75, 3.05) is 11.3 Å². The Hall–Kier alpha value is -2.12. The van der Waals surface area contributed by atoms with E-state index in [-0.39, 0.29) is 4.90 Å².